The summed E-state index contributed by atoms with van der Waals surface area (Å²) < 4.78 is 15.3. The molecule has 1 aromatic heterocycles. The smallest absolute Gasteiger partial charge is 0.331 e. The Labute approximate surface area is 114 Å². The van der Waals surface area contributed by atoms with Gasteiger partial charge in [0.25, 0.3) is 0 Å². The van der Waals surface area contributed by atoms with Gasteiger partial charge in [-0.25, -0.2) is 0 Å². The summed E-state index contributed by atoms with van der Waals surface area (Å²) >= 11 is 5.99. The molecule has 0 unspecified atom stereocenters. The average Bonchev–Trinajstić information content (AvgIpc) is 2.42. The van der Waals surface area contributed by atoms with Gasteiger partial charge in [0.15, 0.2) is 5.75 Å². The minimum absolute atomic E-state index is 0.0245. The minimum Gasteiger partial charge on any atom is -0.467 e. The molecule has 2 rings (SSSR count). The molecule has 0 spiro atoms. The van der Waals surface area contributed by atoms with Gasteiger partial charge in [0.1, 0.15) is 0 Å². The highest BCUT2D eigenvalue weighted by molar-refractivity contribution is 6.32. The molecule has 0 bridgehead atoms. The maximum absolute atomic E-state index is 5.99. The first-order valence-electron chi connectivity index (χ1n) is 5.20. The van der Waals surface area contributed by atoms with Crippen LogP contribution in [0.25, 0.3) is 0 Å². The maximum atomic E-state index is 5.99. The lowest BCUT2D eigenvalue weighted by Crippen LogP contribution is -2.02. The van der Waals surface area contributed by atoms with E-state index in [4.69, 9.17) is 31.5 Å². The molecular weight excluding hydrogens is 272 g/mol. The number of aromatic nitrogens is 3. The van der Waals surface area contributed by atoms with Crippen LogP contribution in [0.2, 0.25) is 5.02 Å². The van der Waals surface area contributed by atoms with E-state index in [-0.39, 0.29) is 23.8 Å². The van der Waals surface area contributed by atoms with E-state index in [2.05, 4.69) is 15.0 Å². The third-order valence-corrected chi connectivity index (χ3v) is 2.43. The summed E-state index contributed by atoms with van der Waals surface area (Å²) in [5.41, 5.74) is 6.13. The molecule has 100 valence electrons. The lowest BCUT2D eigenvalue weighted by atomic mass is 10.3. The van der Waals surface area contributed by atoms with Crippen molar-refractivity contribution in [3.63, 3.8) is 0 Å². The topological polar surface area (TPSA) is 92.4 Å². The number of benzene rings is 1. The van der Waals surface area contributed by atoms with E-state index in [0.29, 0.717) is 10.7 Å². The van der Waals surface area contributed by atoms with Gasteiger partial charge in [-0.3, -0.25) is 0 Å². The molecule has 8 heteroatoms. The molecule has 0 aliphatic heterocycles. The second kappa shape index (κ2) is 5.57. The second-order valence-corrected chi connectivity index (χ2v) is 3.76. The Morgan fingerprint density at radius 3 is 2.11 bits per heavy atom. The van der Waals surface area contributed by atoms with Gasteiger partial charge in [-0.15, -0.1) is 15.0 Å². The highest BCUT2D eigenvalue weighted by Gasteiger charge is 2.13. The van der Waals surface area contributed by atoms with E-state index in [0.717, 1.165) is 0 Å². The molecule has 0 aliphatic carbocycles. The fourth-order valence-corrected chi connectivity index (χ4v) is 1.49. The summed E-state index contributed by atoms with van der Waals surface area (Å²) in [6, 6.07) is 5.10. The first-order chi connectivity index (χ1) is 9.13. The van der Waals surface area contributed by atoms with Gasteiger partial charge in [0.2, 0.25) is 0 Å². The van der Waals surface area contributed by atoms with Crippen molar-refractivity contribution in [1.29, 1.82) is 0 Å². The summed E-state index contributed by atoms with van der Waals surface area (Å²) in [6.07, 6.45) is 0. The highest BCUT2D eigenvalue weighted by atomic mass is 35.5. The Morgan fingerprint density at radius 1 is 1.00 bits per heavy atom. The zero-order valence-electron chi connectivity index (χ0n) is 10.3. The van der Waals surface area contributed by atoms with Crippen molar-refractivity contribution in [2.75, 3.05) is 20.0 Å². The van der Waals surface area contributed by atoms with Crippen molar-refractivity contribution in [1.82, 2.24) is 15.0 Å². The van der Waals surface area contributed by atoms with E-state index in [1.54, 1.807) is 18.2 Å². The summed E-state index contributed by atoms with van der Waals surface area (Å²) in [6.45, 7) is 0. The number of hydrogen-bond donors (Lipinski definition) is 1. The van der Waals surface area contributed by atoms with Crippen LogP contribution in [0.15, 0.2) is 18.2 Å². The van der Waals surface area contributed by atoms with Crippen molar-refractivity contribution in [2.24, 2.45) is 0 Å². The molecule has 0 radical (unpaired) electrons. The van der Waals surface area contributed by atoms with Crippen molar-refractivity contribution in [3.05, 3.63) is 23.2 Å². The first-order valence-corrected chi connectivity index (χ1v) is 5.57. The number of ether oxygens (including phenoxy) is 3. The Morgan fingerprint density at radius 2 is 1.58 bits per heavy atom. The number of halogens is 1. The van der Waals surface area contributed by atoms with Gasteiger partial charge in [-0.1, -0.05) is 17.7 Å². The molecule has 2 aromatic rings. The average molecular weight is 283 g/mol. The van der Waals surface area contributed by atoms with E-state index >= 15 is 0 Å². The number of rotatable bonds is 4. The Hall–Kier alpha value is -2.28. The van der Waals surface area contributed by atoms with Crippen molar-refractivity contribution in [2.45, 2.75) is 0 Å². The van der Waals surface area contributed by atoms with Gasteiger partial charge in [0.05, 0.1) is 24.9 Å². The van der Waals surface area contributed by atoms with Gasteiger partial charge >= 0.3 is 18.0 Å². The molecular formula is C11H11ClN4O3. The Kier molecular flexibility index (Phi) is 3.86. The summed E-state index contributed by atoms with van der Waals surface area (Å²) in [5, 5.41) is 0.346. The largest absolute Gasteiger partial charge is 0.467 e. The zero-order valence-corrected chi connectivity index (χ0v) is 11.0. The van der Waals surface area contributed by atoms with Gasteiger partial charge in [-0.05, 0) is 12.1 Å². The fraction of sp³-hybridized carbons (Fsp3) is 0.182. The number of nitrogens with zero attached hydrogens (tertiary/aromatic N) is 3. The lowest BCUT2D eigenvalue weighted by molar-refractivity contribution is 0.320. The van der Waals surface area contributed by atoms with E-state index in [1.165, 1.54) is 14.2 Å². The van der Waals surface area contributed by atoms with Crippen LogP contribution in [0.1, 0.15) is 0 Å². The van der Waals surface area contributed by atoms with Crippen LogP contribution in [0.4, 0.5) is 5.69 Å². The molecule has 0 fully saturated rings. The van der Waals surface area contributed by atoms with Crippen LogP contribution >= 0.6 is 11.6 Å². The van der Waals surface area contributed by atoms with Crippen LogP contribution < -0.4 is 19.9 Å². The number of para-hydroxylation sites is 1. The van der Waals surface area contributed by atoms with Gasteiger partial charge in [-0.2, -0.15) is 0 Å². The second-order valence-electron chi connectivity index (χ2n) is 3.35. The standard InChI is InChI=1S/C11H11ClN4O3/c1-17-9-14-10(18-2)16-11(15-9)19-8-6(12)4-3-5-7(8)13/h3-5H,13H2,1-2H3. The number of hydrogen-bond acceptors (Lipinski definition) is 7. The Bertz CT molecular complexity index is 552. The van der Waals surface area contributed by atoms with Crippen LogP contribution in [0.3, 0.4) is 0 Å². The van der Waals surface area contributed by atoms with Crippen molar-refractivity contribution < 1.29 is 14.2 Å². The normalized spacial score (nSPS) is 10.1. The third-order valence-electron chi connectivity index (χ3n) is 2.13. The third kappa shape index (κ3) is 2.94. The fourth-order valence-electron chi connectivity index (χ4n) is 1.27. The van der Waals surface area contributed by atoms with Crippen LogP contribution in [0.5, 0.6) is 23.8 Å². The maximum Gasteiger partial charge on any atom is 0.331 e. The molecule has 0 atom stereocenters. The zero-order chi connectivity index (χ0) is 13.8. The number of nitrogens with two attached hydrogens (primary N) is 1. The van der Waals surface area contributed by atoms with Gasteiger partial charge in [0, 0.05) is 0 Å². The van der Waals surface area contributed by atoms with E-state index < -0.39 is 0 Å². The molecule has 19 heavy (non-hydrogen) atoms. The predicted molar refractivity (Wildman–Crippen MR) is 68.9 cm³/mol. The monoisotopic (exact) mass is 282 g/mol. The molecule has 1 heterocycles. The summed E-state index contributed by atoms with van der Waals surface area (Å²) in [5.74, 6) is 0.263. The summed E-state index contributed by atoms with van der Waals surface area (Å²) in [7, 11) is 2.84. The van der Waals surface area contributed by atoms with Crippen molar-refractivity contribution >= 4 is 17.3 Å². The molecule has 1 aromatic carbocycles. The van der Waals surface area contributed by atoms with E-state index in [1.807, 2.05) is 0 Å². The molecule has 0 saturated carbocycles. The minimum atomic E-state index is -0.0245. The van der Waals surface area contributed by atoms with Gasteiger partial charge < -0.3 is 19.9 Å². The number of anilines is 1. The lowest BCUT2D eigenvalue weighted by Gasteiger charge is -2.09. The highest BCUT2D eigenvalue weighted by Crippen LogP contribution is 2.33. The quantitative estimate of drug-likeness (QED) is 0.856. The van der Waals surface area contributed by atoms with Crippen LogP contribution in [-0.2, 0) is 0 Å². The molecule has 0 amide bonds. The number of methoxy groups -OCH3 is 2. The summed E-state index contributed by atoms with van der Waals surface area (Å²) in [4.78, 5) is 11.7. The first kappa shape index (κ1) is 13.2. The van der Waals surface area contributed by atoms with Crippen LogP contribution in [0, 0.1) is 0 Å². The Balaban J connectivity index is 2.37. The SMILES string of the molecule is COc1nc(OC)nc(Oc2c(N)cccc2Cl)n1. The number of nitrogen functional groups attached to an aromatic ring is 1. The predicted octanol–water partition coefficient (Wildman–Crippen LogP) is 1.92. The molecule has 0 saturated heterocycles. The molecule has 2 N–H and O–H groups in total. The van der Waals surface area contributed by atoms with E-state index in [9.17, 15) is 0 Å². The van der Waals surface area contributed by atoms with Crippen LogP contribution in [-0.4, -0.2) is 29.2 Å². The molecule has 0 aliphatic rings. The molecule has 7 nitrogen and oxygen atoms in total. The van der Waals surface area contributed by atoms with Crippen molar-refractivity contribution in [3.8, 4) is 23.8 Å².